The summed E-state index contributed by atoms with van der Waals surface area (Å²) in [5.41, 5.74) is 2.11. The largest absolute Gasteiger partial charge is 0.494 e. The molecule has 0 amide bonds. The maximum atomic E-state index is 13.2. The Labute approximate surface area is 133 Å². The van der Waals surface area contributed by atoms with E-state index in [0.717, 1.165) is 34.4 Å². The molecule has 0 radical (unpaired) electrons. The summed E-state index contributed by atoms with van der Waals surface area (Å²) in [6, 6.07) is 12.7. The second-order valence-corrected chi connectivity index (χ2v) is 5.66. The summed E-state index contributed by atoms with van der Waals surface area (Å²) >= 11 is 3.43. The van der Waals surface area contributed by atoms with Gasteiger partial charge in [0.1, 0.15) is 11.6 Å². The summed E-state index contributed by atoms with van der Waals surface area (Å²) in [6.07, 6.45) is 0.990. The number of benzene rings is 2. The molecule has 21 heavy (non-hydrogen) atoms. The highest BCUT2D eigenvalue weighted by Crippen LogP contribution is 2.30. The molecule has 4 heteroatoms. The second kappa shape index (κ2) is 7.57. The molecule has 0 aliphatic rings. The molecule has 0 fully saturated rings. The summed E-state index contributed by atoms with van der Waals surface area (Å²) < 4.78 is 19.6. The Morgan fingerprint density at radius 2 is 1.90 bits per heavy atom. The van der Waals surface area contributed by atoms with Gasteiger partial charge < -0.3 is 10.1 Å². The molecule has 2 aromatic carbocycles. The Bertz CT molecular complexity index is 586. The first kappa shape index (κ1) is 16.0. The molecular weight excluding hydrogens is 333 g/mol. The van der Waals surface area contributed by atoms with E-state index in [4.69, 9.17) is 4.74 Å². The van der Waals surface area contributed by atoms with E-state index < -0.39 is 0 Å². The van der Waals surface area contributed by atoms with Crippen LogP contribution in [-0.2, 0) is 0 Å². The van der Waals surface area contributed by atoms with E-state index in [1.807, 2.05) is 31.3 Å². The van der Waals surface area contributed by atoms with Crippen molar-refractivity contribution >= 4 is 15.9 Å². The monoisotopic (exact) mass is 351 g/mol. The Morgan fingerprint density at radius 3 is 2.48 bits per heavy atom. The number of halogens is 2. The summed E-state index contributed by atoms with van der Waals surface area (Å²) in [6.45, 7) is 2.80. The number of nitrogens with one attached hydrogen (secondary N) is 1. The topological polar surface area (TPSA) is 21.3 Å². The van der Waals surface area contributed by atoms with Gasteiger partial charge in [-0.1, -0.05) is 41.1 Å². The molecule has 0 bridgehead atoms. The smallest absolute Gasteiger partial charge is 0.124 e. The van der Waals surface area contributed by atoms with Gasteiger partial charge in [0.05, 0.1) is 12.6 Å². The van der Waals surface area contributed by atoms with Crippen molar-refractivity contribution in [3.05, 3.63) is 63.9 Å². The predicted octanol–water partition coefficient (Wildman–Crippen LogP) is 4.69. The molecule has 0 heterocycles. The molecule has 0 saturated heterocycles. The van der Waals surface area contributed by atoms with E-state index in [0.29, 0.717) is 0 Å². The van der Waals surface area contributed by atoms with Crippen LogP contribution in [-0.4, -0.2) is 13.7 Å². The van der Waals surface area contributed by atoms with Crippen LogP contribution in [0.5, 0.6) is 5.75 Å². The second-order valence-electron chi connectivity index (χ2n) is 4.81. The highest BCUT2D eigenvalue weighted by molar-refractivity contribution is 9.10. The van der Waals surface area contributed by atoms with E-state index in [1.165, 1.54) is 12.1 Å². The van der Waals surface area contributed by atoms with Crippen LogP contribution >= 0.6 is 15.9 Å². The Hall–Kier alpha value is -1.39. The average molecular weight is 352 g/mol. The van der Waals surface area contributed by atoms with Crippen molar-refractivity contribution in [3.8, 4) is 5.75 Å². The Balaban J connectivity index is 2.24. The van der Waals surface area contributed by atoms with Crippen LogP contribution in [0.2, 0.25) is 0 Å². The van der Waals surface area contributed by atoms with E-state index in [9.17, 15) is 4.39 Å². The zero-order valence-electron chi connectivity index (χ0n) is 12.2. The first-order valence-corrected chi connectivity index (χ1v) is 7.80. The predicted molar refractivity (Wildman–Crippen MR) is 87.2 cm³/mol. The van der Waals surface area contributed by atoms with Crippen molar-refractivity contribution in [2.24, 2.45) is 0 Å². The lowest BCUT2D eigenvalue weighted by atomic mass is 9.99. The lowest BCUT2D eigenvalue weighted by Gasteiger charge is -2.19. The van der Waals surface area contributed by atoms with Crippen molar-refractivity contribution in [3.63, 3.8) is 0 Å². The zero-order chi connectivity index (χ0) is 15.2. The summed E-state index contributed by atoms with van der Waals surface area (Å²) in [5, 5.41) is 3.26. The highest BCUT2D eigenvalue weighted by Gasteiger charge is 2.15. The minimum Gasteiger partial charge on any atom is -0.494 e. The van der Waals surface area contributed by atoms with Gasteiger partial charge in [-0.15, -0.1) is 0 Å². The molecular formula is C17H19BrFNO. The molecule has 2 aromatic rings. The molecule has 0 aliphatic heterocycles. The third-order valence-corrected chi connectivity index (χ3v) is 3.94. The highest BCUT2D eigenvalue weighted by atomic mass is 79.9. The average Bonchev–Trinajstić information content (AvgIpc) is 2.49. The van der Waals surface area contributed by atoms with Gasteiger partial charge in [0.25, 0.3) is 0 Å². The normalized spacial score (nSPS) is 12.2. The molecule has 2 nitrogen and oxygen atoms in total. The van der Waals surface area contributed by atoms with Gasteiger partial charge in [0, 0.05) is 4.47 Å². The van der Waals surface area contributed by atoms with Crippen LogP contribution in [0.15, 0.2) is 46.9 Å². The van der Waals surface area contributed by atoms with Gasteiger partial charge >= 0.3 is 0 Å². The third-order valence-electron chi connectivity index (χ3n) is 3.25. The van der Waals surface area contributed by atoms with Gasteiger partial charge in [0.15, 0.2) is 0 Å². The van der Waals surface area contributed by atoms with Gasteiger partial charge in [0.2, 0.25) is 0 Å². The molecule has 1 atom stereocenters. The molecule has 0 aromatic heterocycles. The van der Waals surface area contributed by atoms with Gasteiger partial charge in [-0.05, 0) is 48.9 Å². The minimum absolute atomic E-state index is 0.000185. The van der Waals surface area contributed by atoms with Crippen molar-refractivity contribution in [2.75, 3.05) is 13.7 Å². The minimum atomic E-state index is -0.246. The van der Waals surface area contributed by atoms with Gasteiger partial charge in [-0.2, -0.15) is 0 Å². The number of hydrogen-bond acceptors (Lipinski definition) is 2. The summed E-state index contributed by atoms with van der Waals surface area (Å²) in [4.78, 5) is 0. The standard InChI is InChI=1S/C17H19BrFNO/c1-3-10-21-14-7-4-12(5-8-14)17(20-2)15-9-6-13(19)11-16(15)18/h4-9,11,17,20H,3,10H2,1-2H3. The van der Waals surface area contributed by atoms with Gasteiger partial charge in [-0.25, -0.2) is 4.39 Å². The van der Waals surface area contributed by atoms with Crippen molar-refractivity contribution in [1.82, 2.24) is 5.32 Å². The number of ether oxygens (including phenoxy) is 1. The van der Waals surface area contributed by atoms with Crippen molar-refractivity contribution < 1.29 is 9.13 Å². The van der Waals surface area contributed by atoms with Crippen LogP contribution in [0.4, 0.5) is 4.39 Å². The molecule has 1 N–H and O–H groups in total. The zero-order valence-corrected chi connectivity index (χ0v) is 13.8. The van der Waals surface area contributed by atoms with Crippen LogP contribution in [0.3, 0.4) is 0 Å². The molecule has 2 rings (SSSR count). The maximum absolute atomic E-state index is 13.2. The molecule has 0 aliphatic carbocycles. The molecule has 0 spiro atoms. The quantitative estimate of drug-likeness (QED) is 0.815. The lowest BCUT2D eigenvalue weighted by Crippen LogP contribution is -2.18. The van der Waals surface area contributed by atoms with E-state index >= 15 is 0 Å². The van der Waals surface area contributed by atoms with E-state index in [2.05, 4.69) is 28.2 Å². The summed E-state index contributed by atoms with van der Waals surface area (Å²) in [5.74, 6) is 0.623. The SMILES string of the molecule is CCCOc1ccc(C(NC)c2ccc(F)cc2Br)cc1. The fourth-order valence-electron chi connectivity index (χ4n) is 2.21. The van der Waals surface area contributed by atoms with Crippen LogP contribution in [0, 0.1) is 5.82 Å². The summed E-state index contributed by atoms with van der Waals surface area (Å²) in [7, 11) is 1.89. The van der Waals surface area contributed by atoms with Crippen LogP contribution < -0.4 is 10.1 Å². The van der Waals surface area contributed by atoms with Crippen molar-refractivity contribution in [2.45, 2.75) is 19.4 Å². The third kappa shape index (κ3) is 4.05. The molecule has 1 unspecified atom stereocenters. The maximum Gasteiger partial charge on any atom is 0.124 e. The van der Waals surface area contributed by atoms with Crippen LogP contribution in [0.25, 0.3) is 0 Å². The number of hydrogen-bond donors (Lipinski definition) is 1. The number of rotatable bonds is 6. The first-order chi connectivity index (χ1) is 10.2. The first-order valence-electron chi connectivity index (χ1n) is 7.00. The molecule has 0 saturated carbocycles. The fraction of sp³-hybridized carbons (Fsp3) is 0.294. The molecule has 112 valence electrons. The van der Waals surface area contributed by atoms with E-state index in [1.54, 1.807) is 6.07 Å². The van der Waals surface area contributed by atoms with E-state index in [-0.39, 0.29) is 11.9 Å². The van der Waals surface area contributed by atoms with Gasteiger partial charge in [-0.3, -0.25) is 0 Å². The van der Waals surface area contributed by atoms with Crippen molar-refractivity contribution in [1.29, 1.82) is 0 Å². The Morgan fingerprint density at radius 1 is 1.19 bits per heavy atom. The lowest BCUT2D eigenvalue weighted by molar-refractivity contribution is 0.317. The fourth-order valence-corrected chi connectivity index (χ4v) is 2.79. The van der Waals surface area contributed by atoms with Crippen LogP contribution in [0.1, 0.15) is 30.5 Å². The Kier molecular flexibility index (Phi) is 5.76.